The summed E-state index contributed by atoms with van der Waals surface area (Å²) in [4.78, 5) is 5.35. The van der Waals surface area contributed by atoms with Crippen LogP contribution in [0.25, 0.3) is 0 Å². The number of hydrogen-bond acceptors (Lipinski definition) is 4. The molecule has 2 atom stereocenters. The molecule has 1 aromatic heterocycles. The third-order valence-corrected chi connectivity index (χ3v) is 4.51. The molecule has 19 heavy (non-hydrogen) atoms. The van der Waals surface area contributed by atoms with E-state index >= 15 is 0 Å². The number of aromatic nitrogens is 1. The number of aryl methyl sites for hydroxylation is 1. The molecule has 1 aromatic carbocycles. The number of nitrogens with zero attached hydrogens (tertiary/aromatic N) is 1. The van der Waals surface area contributed by atoms with Crippen molar-refractivity contribution in [3.8, 4) is 5.75 Å². The quantitative estimate of drug-likeness (QED) is 0.913. The molecule has 2 aromatic rings. The zero-order chi connectivity index (χ0) is 13.2. The number of hydrogen-bond donors (Lipinski definition) is 1. The van der Waals surface area contributed by atoms with E-state index in [1.807, 2.05) is 30.5 Å². The minimum atomic E-state index is -0.144. The molecule has 0 saturated carbocycles. The SMILES string of the molecule is Cc1ccncc1C(N)C1CSc2ccccc2O1. The van der Waals surface area contributed by atoms with E-state index < -0.39 is 0 Å². The van der Waals surface area contributed by atoms with E-state index in [4.69, 9.17) is 10.5 Å². The van der Waals surface area contributed by atoms with Crippen LogP contribution in [0.1, 0.15) is 17.2 Å². The van der Waals surface area contributed by atoms with Gasteiger partial charge in [0, 0.05) is 23.0 Å². The highest BCUT2D eigenvalue weighted by Gasteiger charge is 2.27. The second-order valence-electron chi connectivity index (χ2n) is 4.67. The predicted octanol–water partition coefficient (Wildman–Crippen LogP) is 2.94. The molecule has 3 rings (SSSR count). The number of nitrogens with two attached hydrogens (primary N) is 1. The average molecular weight is 272 g/mol. The van der Waals surface area contributed by atoms with Crippen molar-refractivity contribution in [2.75, 3.05) is 5.75 Å². The van der Waals surface area contributed by atoms with E-state index in [1.54, 1.807) is 18.0 Å². The maximum Gasteiger partial charge on any atom is 0.133 e. The van der Waals surface area contributed by atoms with E-state index in [9.17, 15) is 0 Å². The molecule has 1 aliphatic rings. The molecule has 3 nitrogen and oxygen atoms in total. The van der Waals surface area contributed by atoms with Crippen molar-refractivity contribution in [2.45, 2.75) is 24.0 Å². The van der Waals surface area contributed by atoms with Gasteiger partial charge in [0.15, 0.2) is 0 Å². The van der Waals surface area contributed by atoms with Crippen LogP contribution >= 0.6 is 11.8 Å². The summed E-state index contributed by atoms with van der Waals surface area (Å²) in [7, 11) is 0. The highest BCUT2D eigenvalue weighted by atomic mass is 32.2. The number of benzene rings is 1. The van der Waals surface area contributed by atoms with Gasteiger partial charge >= 0.3 is 0 Å². The Balaban J connectivity index is 1.83. The third kappa shape index (κ3) is 2.46. The molecular weight excluding hydrogens is 256 g/mol. The standard InChI is InChI=1S/C15H16N2OS/c1-10-6-7-17-8-11(10)15(16)13-9-19-14-5-3-2-4-12(14)18-13/h2-8,13,15H,9,16H2,1H3. The van der Waals surface area contributed by atoms with Crippen LogP contribution in [0.5, 0.6) is 5.75 Å². The summed E-state index contributed by atoms with van der Waals surface area (Å²) in [5.74, 6) is 1.80. The van der Waals surface area contributed by atoms with Gasteiger partial charge in [-0.3, -0.25) is 4.98 Å². The molecule has 0 fully saturated rings. The molecule has 0 aliphatic carbocycles. The molecule has 0 saturated heterocycles. The summed E-state index contributed by atoms with van der Waals surface area (Å²) in [6.07, 6.45) is 3.62. The minimum Gasteiger partial charge on any atom is -0.486 e. The molecule has 0 spiro atoms. The molecule has 0 bridgehead atoms. The summed E-state index contributed by atoms with van der Waals surface area (Å²) < 4.78 is 6.03. The topological polar surface area (TPSA) is 48.1 Å². The van der Waals surface area contributed by atoms with Gasteiger partial charge in [-0.2, -0.15) is 0 Å². The number of fused-ring (bicyclic) bond motifs is 1. The average Bonchev–Trinajstić information content (AvgIpc) is 2.46. The molecule has 4 heteroatoms. The van der Waals surface area contributed by atoms with E-state index in [2.05, 4.69) is 18.0 Å². The first-order valence-corrected chi connectivity index (χ1v) is 7.29. The first-order chi connectivity index (χ1) is 9.25. The van der Waals surface area contributed by atoms with Crippen LogP contribution in [-0.4, -0.2) is 16.8 Å². The number of pyridine rings is 1. The largest absolute Gasteiger partial charge is 0.486 e. The van der Waals surface area contributed by atoms with Crippen LogP contribution in [-0.2, 0) is 0 Å². The lowest BCUT2D eigenvalue weighted by Gasteiger charge is -2.30. The van der Waals surface area contributed by atoms with Crippen LogP contribution in [0.4, 0.5) is 0 Å². The van der Waals surface area contributed by atoms with Crippen LogP contribution < -0.4 is 10.5 Å². The first-order valence-electron chi connectivity index (χ1n) is 6.30. The fraction of sp³-hybridized carbons (Fsp3) is 0.267. The lowest BCUT2D eigenvalue weighted by atomic mass is 10.0. The Morgan fingerprint density at radius 1 is 1.37 bits per heavy atom. The molecule has 0 amide bonds. The summed E-state index contributed by atoms with van der Waals surface area (Å²) >= 11 is 1.80. The van der Waals surface area contributed by atoms with Crippen molar-refractivity contribution in [3.63, 3.8) is 0 Å². The Kier molecular flexibility index (Phi) is 3.44. The van der Waals surface area contributed by atoms with Crippen LogP contribution in [0, 0.1) is 6.92 Å². The molecule has 2 N–H and O–H groups in total. The Bertz CT molecular complexity index is 588. The van der Waals surface area contributed by atoms with Gasteiger partial charge in [0.2, 0.25) is 0 Å². The summed E-state index contributed by atoms with van der Waals surface area (Å²) in [5, 5.41) is 0. The Morgan fingerprint density at radius 2 is 2.21 bits per heavy atom. The Labute approximate surface area is 117 Å². The van der Waals surface area contributed by atoms with Crippen molar-refractivity contribution in [3.05, 3.63) is 53.9 Å². The molecule has 2 heterocycles. The van der Waals surface area contributed by atoms with Crippen molar-refractivity contribution in [2.24, 2.45) is 5.73 Å². The van der Waals surface area contributed by atoms with Gasteiger partial charge in [-0.25, -0.2) is 0 Å². The molecule has 0 radical (unpaired) electrons. The Hall–Kier alpha value is -1.52. The van der Waals surface area contributed by atoms with Gasteiger partial charge in [-0.15, -0.1) is 11.8 Å². The third-order valence-electron chi connectivity index (χ3n) is 3.37. The van der Waals surface area contributed by atoms with Crippen molar-refractivity contribution in [1.29, 1.82) is 0 Å². The molecule has 98 valence electrons. The van der Waals surface area contributed by atoms with Crippen molar-refractivity contribution < 1.29 is 4.74 Å². The van der Waals surface area contributed by atoms with E-state index in [0.717, 1.165) is 22.6 Å². The maximum atomic E-state index is 6.35. The molecular formula is C15H16N2OS. The van der Waals surface area contributed by atoms with Crippen molar-refractivity contribution >= 4 is 11.8 Å². The van der Waals surface area contributed by atoms with E-state index in [-0.39, 0.29) is 12.1 Å². The zero-order valence-electron chi connectivity index (χ0n) is 10.7. The second kappa shape index (κ2) is 5.23. The second-order valence-corrected chi connectivity index (χ2v) is 5.73. The van der Waals surface area contributed by atoms with Gasteiger partial charge in [0.05, 0.1) is 6.04 Å². The predicted molar refractivity (Wildman–Crippen MR) is 77.5 cm³/mol. The minimum absolute atomic E-state index is 0.0113. The molecule has 1 aliphatic heterocycles. The lowest BCUT2D eigenvalue weighted by molar-refractivity contribution is 0.185. The number of para-hydroxylation sites is 1. The summed E-state index contributed by atoms with van der Waals surface area (Å²) in [6, 6.07) is 9.94. The van der Waals surface area contributed by atoms with Gasteiger partial charge in [-0.1, -0.05) is 12.1 Å². The fourth-order valence-corrected chi connectivity index (χ4v) is 3.29. The van der Waals surface area contributed by atoms with Gasteiger partial charge in [0.1, 0.15) is 11.9 Å². The zero-order valence-corrected chi connectivity index (χ0v) is 11.6. The highest BCUT2D eigenvalue weighted by Crippen LogP contribution is 2.37. The summed E-state index contributed by atoms with van der Waals surface area (Å²) in [6.45, 7) is 2.06. The lowest BCUT2D eigenvalue weighted by Crippen LogP contribution is -2.35. The van der Waals surface area contributed by atoms with Crippen LogP contribution in [0.2, 0.25) is 0 Å². The first kappa shape index (κ1) is 12.5. The smallest absolute Gasteiger partial charge is 0.133 e. The van der Waals surface area contributed by atoms with E-state index in [0.29, 0.717) is 0 Å². The maximum absolute atomic E-state index is 6.35. The molecule has 2 unspecified atom stereocenters. The van der Waals surface area contributed by atoms with Crippen LogP contribution in [0.3, 0.4) is 0 Å². The van der Waals surface area contributed by atoms with Gasteiger partial charge in [-0.05, 0) is 36.2 Å². The van der Waals surface area contributed by atoms with Gasteiger partial charge < -0.3 is 10.5 Å². The van der Waals surface area contributed by atoms with Gasteiger partial charge in [0.25, 0.3) is 0 Å². The number of rotatable bonds is 2. The monoisotopic (exact) mass is 272 g/mol. The Morgan fingerprint density at radius 3 is 3.05 bits per heavy atom. The normalized spacial score (nSPS) is 19.4. The highest BCUT2D eigenvalue weighted by molar-refractivity contribution is 7.99. The van der Waals surface area contributed by atoms with Crippen molar-refractivity contribution in [1.82, 2.24) is 4.98 Å². The van der Waals surface area contributed by atoms with E-state index in [1.165, 1.54) is 4.90 Å². The van der Waals surface area contributed by atoms with Crippen LogP contribution in [0.15, 0.2) is 47.6 Å². The number of thioether (sulfide) groups is 1. The summed E-state index contributed by atoms with van der Waals surface area (Å²) in [5.41, 5.74) is 8.57. The number of ether oxygens (including phenoxy) is 1. The fourth-order valence-electron chi connectivity index (χ4n) is 2.24.